The maximum atomic E-state index is 6.03. The van der Waals surface area contributed by atoms with Gasteiger partial charge in [-0.1, -0.05) is 32.6 Å². The van der Waals surface area contributed by atoms with Crippen LogP contribution in [0.2, 0.25) is 0 Å². The molecule has 0 aromatic carbocycles. The van der Waals surface area contributed by atoms with Crippen molar-refractivity contribution >= 4 is 0 Å². The summed E-state index contributed by atoms with van der Waals surface area (Å²) in [6.45, 7) is 5.54. The molecule has 1 fully saturated rings. The average Bonchev–Trinajstić information content (AvgIpc) is 2.44. The average molecular weight is 212 g/mol. The second-order valence-electron chi connectivity index (χ2n) is 5.36. The zero-order valence-corrected chi connectivity index (χ0v) is 10.6. The summed E-state index contributed by atoms with van der Waals surface area (Å²) in [6.07, 6.45) is 9.54. The second-order valence-corrected chi connectivity index (χ2v) is 5.36. The van der Waals surface area contributed by atoms with E-state index in [1.807, 2.05) is 0 Å². The molecule has 90 valence electrons. The Hall–Kier alpha value is -0.0800. The fourth-order valence-corrected chi connectivity index (χ4v) is 2.94. The third-order valence-electron chi connectivity index (χ3n) is 3.81. The van der Waals surface area contributed by atoms with Crippen LogP contribution in [-0.2, 0) is 0 Å². The molecule has 0 radical (unpaired) electrons. The Labute approximate surface area is 95.2 Å². The van der Waals surface area contributed by atoms with Gasteiger partial charge in [0.25, 0.3) is 0 Å². The molecule has 2 heteroatoms. The Morgan fingerprint density at radius 1 is 1.13 bits per heavy atom. The van der Waals surface area contributed by atoms with Gasteiger partial charge in [-0.15, -0.1) is 0 Å². The Bertz CT molecular complexity index is 160. The fraction of sp³-hybridized carbons (Fsp3) is 1.00. The first-order valence-electron chi connectivity index (χ1n) is 6.61. The van der Waals surface area contributed by atoms with Gasteiger partial charge in [0.2, 0.25) is 0 Å². The van der Waals surface area contributed by atoms with Gasteiger partial charge < -0.3 is 10.6 Å². The van der Waals surface area contributed by atoms with Gasteiger partial charge in [-0.3, -0.25) is 0 Å². The normalized spacial score (nSPS) is 21.6. The zero-order valence-electron chi connectivity index (χ0n) is 10.6. The molecule has 0 aromatic rings. The van der Waals surface area contributed by atoms with Gasteiger partial charge in [0.05, 0.1) is 0 Å². The summed E-state index contributed by atoms with van der Waals surface area (Å²) >= 11 is 0. The molecular formula is C13H28N2. The summed E-state index contributed by atoms with van der Waals surface area (Å²) in [4.78, 5) is 2.47. The predicted octanol–water partition coefficient (Wildman–Crippen LogP) is 2.63. The van der Waals surface area contributed by atoms with E-state index in [-0.39, 0.29) is 0 Å². The van der Waals surface area contributed by atoms with Crippen molar-refractivity contribution in [3.63, 3.8) is 0 Å². The molecule has 0 unspecified atom stereocenters. The molecule has 0 amide bonds. The zero-order chi connectivity index (χ0) is 11.1. The monoisotopic (exact) mass is 212 g/mol. The van der Waals surface area contributed by atoms with E-state index in [9.17, 15) is 0 Å². The summed E-state index contributed by atoms with van der Waals surface area (Å²) < 4.78 is 0. The number of hydrogen-bond acceptors (Lipinski definition) is 2. The minimum absolute atomic E-state index is 0.431. The first kappa shape index (κ1) is 13.0. The van der Waals surface area contributed by atoms with Crippen molar-refractivity contribution < 1.29 is 0 Å². The van der Waals surface area contributed by atoms with Crippen molar-refractivity contribution in [2.45, 2.75) is 51.9 Å². The number of nitrogens with two attached hydrogens (primary N) is 1. The van der Waals surface area contributed by atoms with Crippen molar-refractivity contribution in [3.8, 4) is 0 Å². The van der Waals surface area contributed by atoms with Crippen LogP contribution in [0.3, 0.4) is 0 Å². The van der Waals surface area contributed by atoms with E-state index in [0.717, 1.165) is 6.54 Å². The molecule has 0 bridgehead atoms. The molecule has 0 aliphatic heterocycles. The van der Waals surface area contributed by atoms with Crippen LogP contribution in [0.15, 0.2) is 0 Å². The highest BCUT2D eigenvalue weighted by molar-refractivity contribution is 4.85. The van der Waals surface area contributed by atoms with Crippen LogP contribution in [0.5, 0.6) is 0 Å². The van der Waals surface area contributed by atoms with E-state index in [2.05, 4.69) is 18.9 Å². The molecule has 1 saturated carbocycles. The summed E-state index contributed by atoms with van der Waals surface area (Å²) in [7, 11) is 2.24. The predicted molar refractivity (Wildman–Crippen MR) is 67.0 cm³/mol. The quantitative estimate of drug-likeness (QED) is 0.710. The molecule has 2 nitrogen and oxygen atoms in total. The molecule has 2 N–H and O–H groups in total. The van der Waals surface area contributed by atoms with E-state index in [1.165, 1.54) is 58.0 Å². The van der Waals surface area contributed by atoms with E-state index in [0.29, 0.717) is 5.41 Å². The maximum Gasteiger partial charge on any atom is 0.00470 e. The molecular weight excluding hydrogens is 184 g/mol. The van der Waals surface area contributed by atoms with E-state index in [1.54, 1.807) is 0 Å². The summed E-state index contributed by atoms with van der Waals surface area (Å²) in [5, 5.41) is 0. The molecule has 0 saturated heterocycles. The maximum absolute atomic E-state index is 6.03. The topological polar surface area (TPSA) is 29.3 Å². The van der Waals surface area contributed by atoms with Gasteiger partial charge in [-0.25, -0.2) is 0 Å². The van der Waals surface area contributed by atoms with Crippen LogP contribution in [-0.4, -0.2) is 31.6 Å². The summed E-state index contributed by atoms with van der Waals surface area (Å²) in [6, 6.07) is 0. The molecule has 15 heavy (non-hydrogen) atoms. The van der Waals surface area contributed by atoms with Crippen LogP contribution in [0.1, 0.15) is 51.9 Å². The Kier molecular flexibility index (Phi) is 5.62. The first-order valence-corrected chi connectivity index (χ1v) is 6.61. The molecule has 1 aliphatic rings. The molecule has 0 atom stereocenters. The lowest BCUT2D eigenvalue weighted by atomic mass is 9.80. The minimum Gasteiger partial charge on any atom is -0.330 e. The van der Waals surface area contributed by atoms with Crippen molar-refractivity contribution in [3.05, 3.63) is 0 Å². The number of nitrogens with zero attached hydrogens (tertiary/aromatic N) is 1. The van der Waals surface area contributed by atoms with Crippen LogP contribution in [0.25, 0.3) is 0 Å². The highest BCUT2D eigenvalue weighted by atomic mass is 15.1. The molecule has 0 spiro atoms. The highest BCUT2D eigenvalue weighted by Crippen LogP contribution is 2.34. The van der Waals surface area contributed by atoms with Crippen LogP contribution in [0.4, 0.5) is 0 Å². The van der Waals surface area contributed by atoms with Gasteiger partial charge in [0, 0.05) is 6.54 Å². The van der Waals surface area contributed by atoms with Gasteiger partial charge in [-0.05, 0) is 44.8 Å². The van der Waals surface area contributed by atoms with E-state index < -0.39 is 0 Å². The number of hydrogen-bond donors (Lipinski definition) is 1. The lowest BCUT2D eigenvalue weighted by molar-refractivity contribution is 0.158. The smallest absolute Gasteiger partial charge is 0.00470 e. The van der Waals surface area contributed by atoms with Crippen molar-refractivity contribution in [1.29, 1.82) is 0 Å². The highest BCUT2D eigenvalue weighted by Gasteiger charge is 2.30. The second kappa shape index (κ2) is 6.49. The van der Waals surface area contributed by atoms with Crippen LogP contribution < -0.4 is 5.73 Å². The Morgan fingerprint density at radius 3 is 2.20 bits per heavy atom. The van der Waals surface area contributed by atoms with Crippen molar-refractivity contribution in [2.24, 2.45) is 11.1 Å². The lowest BCUT2D eigenvalue weighted by Gasteiger charge is -2.35. The molecule has 0 heterocycles. The molecule has 1 rings (SSSR count). The van der Waals surface area contributed by atoms with Crippen molar-refractivity contribution in [1.82, 2.24) is 4.90 Å². The molecule has 0 aromatic heterocycles. The van der Waals surface area contributed by atoms with Crippen LogP contribution in [0, 0.1) is 5.41 Å². The largest absolute Gasteiger partial charge is 0.330 e. The van der Waals surface area contributed by atoms with E-state index in [4.69, 9.17) is 5.73 Å². The summed E-state index contributed by atoms with van der Waals surface area (Å²) in [5.41, 5.74) is 6.46. The minimum atomic E-state index is 0.431. The van der Waals surface area contributed by atoms with Gasteiger partial charge in [-0.2, -0.15) is 0 Å². The third-order valence-corrected chi connectivity index (χ3v) is 3.81. The van der Waals surface area contributed by atoms with Crippen LogP contribution >= 0.6 is 0 Å². The standard InChI is InChI=1S/C13H28N2/c1-3-10-15(2)12-13(11-14)8-6-4-5-7-9-13/h3-12,14H2,1-2H3. The van der Waals surface area contributed by atoms with Gasteiger partial charge >= 0.3 is 0 Å². The van der Waals surface area contributed by atoms with E-state index >= 15 is 0 Å². The number of rotatable bonds is 5. The third kappa shape index (κ3) is 4.12. The van der Waals surface area contributed by atoms with Gasteiger partial charge in [0.1, 0.15) is 0 Å². The summed E-state index contributed by atoms with van der Waals surface area (Å²) in [5.74, 6) is 0. The Morgan fingerprint density at radius 2 is 1.73 bits per heavy atom. The first-order chi connectivity index (χ1) is 7.22. The molecule has 1 aliphatic carbocycles. The fourth-order valence-electron chi connectivity index (χ4n) is 2.94. The van der Waals surface area contributed by atoms with Crippen molar-refractivity contribution in [2.75, 3.05) is 26.7 Å². The van der Waals surface area contributed by atoms with Gasteiger partial charge in [0.15, 0.2) is 0 Å². The Balaban J connectivity index is 2.49. The SMILES string of the molecule is CCCN(C)CC1(CN)CCCCCC1. The lowest BCUT2D eigenvalue weighted by Crippen LogP contribution is -2.41.